The molecule has 1 unspecified atom stereocenters. The topological polar surface area (TPSA) is 50.7 Å². The molecule has 2 atom stereocenters. The first-order valence-corrected chi connectivity index (χ1v) is 10.8. The summed E-state index contributed by atoms with van der Waals surface area (Å²) in [5, 5.41) is 3.63. The van der Waals surface area contributed by atoms with Gasteiger partial charge in [-0.05, 0) is 53.8 Å². The van der Waals surface area contributed by atoms with Crippen molar-refractivity contribution in [2.75, 3.05) is 5.32 Å². The van der Waals surface area contributed by atoms with E-state index < -0.39 is 0 Å². The second kappa shape index (κ2) is 7.69. The Balaban J connectivity index is 1.56. The van der Waals surface area contributed by atoms with Crippen LogP contribution in [-0.4, -0.2) is 11.5 Å². The number of anilines is 1. The van der Waals surface area contributed by atoms with Crippen LogP contribution < -0.4 is 10.1 Å². The molecule has 0 amide bonds. The summed E-state index contributed by atoms with van der Waals surface area (Å²) in [5.74, 6) is 1.50. The summed E-state index contributed by atoms with van der Waals surface area (Å²) < 4.78 is 6.06. The van der Waals surface area contributed by atoms with E-state index in [2.05, 4.69) is 25.2 Å². The fourth-order valence-electron chi connectivity index (χ4n) is 4.69. The van der Waals surface area contributed by atoms with E-state index in [1.807, 2.05) is 72.8 Å². The van der Waals surface area contributed by atoms with Gasteiger partial charge in [0, 0.05) is 12.1 Å². The molecule has 0 spiro atoms. The number of para-hydroxylation sites is 3. The maximum absolute atomic E-state index is 13.4. The molecule has 1 fully saturated rings. The average molecular weight is 411 g/mol. The van der Waals surface area contributed by atoms with E-state index in [-0.39, 0.29) is 23.2 Å². The first kappa shape index (κ1) is 19.6. The lowest BCUT2D eigenvalue weighted by molar-refractivity contribution is -0.124. The van der Waals surface area contributed by atoms with Crippen LogP contribution in [0.4, 0.5) is 11.4 Å². The lowest BCUT2D eigenvalue weighted by Crippen LogP contribution is -2.42. The summed E-state index contributed by atoms with van der Waals surface area (Å²) in [7, 11) is 0. The van der Waals surface area contributed by atoms with Crippen molar-refractivity contribution in [3.63, 3.8) is 0 Å². The first-order chi connectivity index (χ1) is 15.0. The van der Waals surface area contributed by atoms with Crippen molar-refractivity contribution in [1.82, 2.24) is 0 Å². The molecule has 1 aliphatic heterocycles. The third-order valence-corrected chi connectivity index (χ3v) is 6.03. The quantitative estimate of drug-likeness (QED) is 0.521. The highest BCUT2D eigenvalue weighted by Crippen LogP contribution is 2.45. The molecule has 0 bridgehead atoms. The minimum atomic E-state index is -0.285. The van der Waals surface area contributed by atoms with Gasteiger partial charge in [-0.1, -0.05) is 56.3 Å². The number of ether oxygens (including phenoxy) is 1. The van der Waals surface area contributed by atoms with Crippen LogP contribution in [0.5, 0.6) is 11.5 Å². The van der Waals surface area contributed by atoms with Crippen LogP contribution in [0, 0.1) is 11.3 Å². The van der Waals surface area contributed by atoms with E-state index in [4.69, 9.17) is 9.73 Å². The maximum atomic E-state index is 13.4. The van der Waals surface area contributed by atoms with E-state index in [0.717, 1.165) is 40.6 Å². The van der Waals surface area contributed by atoms with Crippen molar-refractivity contribution in [2.24, 2.45) is 16.3 Å². The van der Waals surface area contributed by atoms with Crippen LogP contribution >= 0.6 is 0 Å². The number of Topliss-reactive ketones (excluding diaryl/α,β-unsaturated/α-hetero) is 1. The molecule has 4 nitrogen and oxygen atoms in total. The molecule has 31 heavy (non-hydrogen) atoms. The summed E-state index contributed by atoms with van der Waals surface area (Å²) in [4.78, 5) is 18.3. The second-order valence-electron chi connectivity index (χ2n) is 9.19. The summed E-state index contributed by atoms with van der Waals surface area (Å²) in [6, 6.07) is 25.6. The van der Waals surface area contributed by atoms with Crippen molar-refractivity contribution in [3.05, 3.63) is 84.4 Å². The summed E-state index contributed by atoms with van der Waals surface area (Å²) in [5.41, 5.74) is 3.77. The molecule has 0 saturated heterocycles. The Morgan fingerprint density at radius 1 is 0.903 bits per heavy atom. The van der Waals surface area contributed by atoms with Gasteiger partial charge in [-0.25, -0.2) is 0 Å². The van der Waals surface area contributed by atoms with Crippen molar-refractivity contribution in [2.45, 2.75) is 32.7 Å². The minimum absolute atomic E-state index is 0.0749. The number of hydrogen-bond acceptors (Lipinski definition) is 4. The Bertz CT molecular complexity index is 1150. The SMILES string of the molecule is CC1(C)CC(=O)C2C(=Nc3ccccc3N[C@@H]2c2cccc(Oc3ccccc3)c2)C1. The number of ketones is 1. The molecular formula is C27H26N2O2. The van der Waals surface area contributed by atoms with Crippen LogP contribution in [0.1, 0.15) is 38.3 Å². The molecule has 1 heterocycles. The highest BCUT2D eigenvalue weighted by molar-refractivity contribution is 6.10. The van der Waals surface area contributed by atoms with Crippen LogP contribution in [-0.2, 0) is 4.79 Å². The fourth-order valence-corrected chi connectivity index (χ4v) is 4.69. The highest BCUT2D eigenvalue weighted by Gasteiger charge is 2.44. The van der Waals surface area contributed by atoms with Crippen LogP contribution in [0.25, 0.3) is 0 Å². The summed E-state index contributed by atoms with van der Waals surface area (Å²) >= 11 is 0. The van der Waals surface area contributed by atoms with Gasteiger partial charge in [0.05, 0.1) is 23.3 Å². The van der Waals surface area contributed by atoms with Gasteiger partial charge in [-0.2, -0.15) is 0 Å². The van der Waals surface area contributed by atoms with Crippen molar-refractivity contribution >= 4 is 22.9 Å². The van der Waals surface area contributed by atoms with Crippen molar-refractivity contribution in [1.29, 1.82) is 0 Å². The van der Waals surface area contributed by atoms with Crippen LogP contribution in [0.2, 0.25) is 0 Å². The third-order valence-electron chi connectivity index (χ3n) is 6.03. The van der Waals surface area contributed by atoms with Crippen molar-refractivity contribution < 1.29 is 9.53 Å². The van der Waals surface area contributed by atoms with Gasteiger partial charge in [-0.3, -0.25) is 9.79 Å². The molecule has 1 saturated carbocycles. The zero-order valence-electron chi connectivity index (χ0n) is 17.8. The zero-order chi connectivity index (χ0) is 21.4. The van der Waals surface area contributed by atoms with Gasteiger partial charge < -0.3 is 10.1 Å². The smallest absolute Gasteiger partial charge is 0.144 e. The van der Waals surface area contributed by atoms with E-state index in [1.165, 1.54) is 0 Å². The zero-order valence-corrected chi connectivity index (χ0v) is 17.8. The number of fused-ring (bicyclic) bond motifs is 2. The van der Waals surface area contributed by atoms with Crippen LogP contribution in [0.3, 0.4) is 0 Å². The van der Waals surface area contributed by atoms with Gasteiger partial charge >= 0.3 is 0 Å². The molecular weight excluding hydrogens is 384 g/mol. The van der Waals surface area contributed by atoms with Gasteiger partial charge in [0.15, 0.2) is 0 Å². The number of nitrogens with one attached hydrogen (secondary N) is 1. The molecule has 4 heteroatoms. The Labute approximate surface area is 183 Å². The predicted octanol–water partition coefficient (Wildman–Crippen LogP) is 6.72. The lowest BCUT2D eigenvalue weighted by atomic mass is 9.68. The maximum Gasteiger partial charge on any atom is 0.144 e. The van der Waals surface area contributed by atoms with Crippen LogP contribution in [0.15, 0.2) is 83.9 Å². The molecule has 1 aliphatic carbocycles. The Morgan fingerprint density at radius 3 is 2.48 bits per heavy atom. The van der Waals surface area contributed by atoms with E-state index in [1.54, 1.807) is 0 Å². The fraction of sp³-hybridized carbons (Fsp3) is 0.259. The van der Waals surface area contributed by atoms with E-state index >= 15 is 0 Å². The minimum Gasteiger partial charge on any atom is -0.457 e. The lowest BCUT2D eigenvalue weighted by Gasteiger charge is -2.37. The van der Waals surface area contributed by atoms with E-state index in [0.29, 0.717) is 6.42 Å². The summed E-state index contributed by atoms with van der Waals surface area (Å²) in [6.45, 7) is 4.30. The van der Waals surface area contributed by atoms with Gasteiger partial charge in [0.2, 0.25) is 0 Å². The Hall–Kier alpha value is -3.40. The van der Waals surface area contributed by atoms with Gasteiger partial charge in [0.1, 0.15) is 17.3 Å². The molecule has 156 valence electrons. The first-order valence-electron chi connectivity index (χ1n) is 10.8. The molecule has 2 aliphatic rings. The largest absolute Gasteiger partial charge is 0.457 e. The number of carbonyl (C=O) groups is 1. The highest BCUT2D eigenvalue weighted by atomic mass is 16.5. The summed E-state index contributed by atoms with van der Waals surface area (Å²) in [6.07, 6.45) is 1.38. The second-order valence-corrected chi connectivity index (χ2v) is 9.19. The predicted molar refractivity (Wildman–Crippen MR) is 124 cm³/mol. The van der Waals surface area contributed by atoms with Gasteiger partial charge in [-0.15, -0.1) is 0 Å². The monoisotopic (exact) mass is 410 g/mol. The number of aliphatic imine (C=N–C) groups is 1. The van der Waals surface area contributed by atoms with Crippen molar-refractivity contribution in [3.8, 4) is 11.5 Å². The molecule has 3 aromatic carbocycles. The molecule has 0 aromatic heterocycles. The number of carbonyl (C=O) groups excluding carboxylic acids is 1. The van der Waals surface area contributed by atoms with E-state index in [9.17, 15) is 4.79 Å². The molecule has 5 rings (SSSR count). The third kappa shape index (κ3) is 3.98. The number of nitrogens with zero attached hydrogens (tertiary/aromatic N) is 1. The number of rotatable bonds is 3. The standard InChI is InChI=1S/C27H26N2O2/c1-27(2)16-23-25(24(30)17-27)26(29-22-14-7-6-13-21(22)28-23)18-9-8-12-20(15-18)31-19-10-4-3-5-11-19/h3-15,25-26,29H,16-17H2,1-2H3/t25?,26-/m1/s1. The number of benzene rings is 3. The molecule has 0 radical (unpaired) electrons. The molecule has 1 N–H and O–H groups in total. The normalized spacial score (nSPS) is 21.7. The number of hydrogen-bond donors (Lipinski definition) is 1. The molecule has 3 aromatic rings. The average Bonchev–Trinajstić information content (AvgIpc) is 2.90. The Morgan fingerprint density at radius 2 is 1.65 bits per heavy atom. The van der Waals surface area contributed by atoms with Gasteiger partial charge in [0.25, 0.3) is 0 Å². The Kier molecular flexibility index (Phi) is 4.85.